The van der Waals surface area contributed by atoms with E-state index in [9.17, 15) is 0 Å². The molecule has 1 aliphatic rings. The van der Waals surface area contributed by atoms with Gasteiger partial charge >= 0.3 is 0 Å². The van der Waals surface area contributed by atoms with Gasteiger partial charge in [-0.1, -0.05) is 0 Å². The fraction of sp³-hybridized carbons (Fsp3) is 0.500. The van der Waals surface area contributed by atoms with E-state index >= 15 is 0 Å². The highest BCUT2D eigenvalue weighted by molar-refractivity contribution is 5.58. The van der Waals surface area contributed by atoms with Gasteiger partial charge in [0.2, 0.25) is 0 Å². The average Bonchev–Trinajstić information content (AvgIpc) is 2.07. The lowest BCUT2D eigenvalue weighted by Crippen LogP contribution is -2.41. The molecule has 0 spiro atoms. The Kier molecular flexibility index (Phi) is 2.14. The first kappa shape index (κ1) is 9.38. The SMILES string of the molecule is Cc1cc(N)ccc1NC1(C)CCC1. The molecule has 1 fully saturated rings. The summed E-state index contributed by atoms with van der Waals surface area (Å²) in [4.78, 5) is 0. The molecule has 0 heterocycles. The van der Waals surface area contributed by atoms with Crippen molar-refractivity contribution in [3.8, 4) is 0 Å². The molecule has 0 atom stereocenters. The molecule has 76 valence electrons. The fourth-order valence-corrected chi connectivity index (χ4v) is 1.98. The summed E-state index contributed by atoms with van der Waals surface area (Å²) >= 11 is 0. The third-order valence-corrected chi connectivity index (χ3v) is 3.14. The zero-order valence-electron chi connectivity index (χ0n) is 8.93. The van der Waals surface area contributed by atoms with Gasteiger partial charge in [-0.05, 0) is 56.9 Å². The Labute approximate surface area is 85.5 Å². The molecule has 2 rings (SSSR count). The summed E-state index contributed by atoms with van der Waals surface area (Å²) in [6.45, 7) is 4.38. The molecule has 0 saturated heterocycles. The van der Waals surface area contributed by atoms with Crippen molar-refractivity contribution >= 4 is 11.4 Å². The molecule has 3 N–H and O–H groups in total. The van der Waals surface area contributed by atoms with Gasteiger partial charge in [0.05, 0.1) is 0 Å². The summed E-state index contributed by atoms with van der Waals surface area (Å²) in [5.74, 6) is 0. The maximum atomic E-state index is 5.71. The molecule has 2 nitrogen and oxygen atoms in total. The monoisotopic (exact) mass is 190 g/mol. The summed E-state index contributed by atoms with van der Waals surface area (Å²) in [6.07, 6.45) is 3.89. The molecule has 2 heteroatoms. The molecular weight excluding hydrogens is 172 g/mol. The van der Waals surface area contributed by atoms with Gasteiger partial charge in [0, 0.05) is 16.9 Å². The first-order valence-electron chi connectivity index (χ1n) is 5.23. The number of rotatable bonds is 2. The number of nitrogens with two attached hydrogens (primary N) is 1. The van der Waals surface area contributed by atoms with Crippen molar-refractivity contribution in [2.45, 2.75) is 38.6 Å². The molecule has 0 unspecified atom stereocenters. The van der Waals surface area contributed by atoms with Crippen LogP contribution in [-0.2, 0) is 0 Å². The topological polar surface area (TPSA) is 38.0 Å². The Morgan fingerprint density at radius 1 is 1.36 bits per heavy atom. The second kappa shape index (κ2) is 3.19. The van der Waals surface area contributed by atoms with Gasteiger partial charge in [0.1, 0.15) is 0 Å². The lowest BCUT2D eigenvalue weighted by atomic mass is 9.78. The van der Waals surface area contributed by atoms with Crippen LogP contribution in [-0.4, -0.2) is 5.54 Å². The first-order valence-corrected chi connectivity index (χ1v) is 5.23. The quantitative estimate of drug-likeness (QED) is 0.704. The van der Waals surface area contributed by atoms with Crippen LogP contribution in [0.25, 0.3) is 0 Å². The molecule has 1 saturated carbocycles. The van der Waals surface area contributed by atoms with E-state index in [1.165, 1.54) is 30.5 Å². The maximum absolute atomic E-state index is 5.71. The van der Waals surface area contributed by atoms with Gasteiger partial charge in [-0.15, -0.1) is 0 Å². The molecule has 1 aromatic carbocycles. The van der Waals surface area contributed by atoms with E-state index in [0.29, 0.717) is 5.54 Å². The minimum Gasteiger partial charge on any atom is -0.399 e. The first-order chi connectivity index (χ1) is 6.59. The fourth-order valence-electron chi connectivity index (χ4n) is 1.98. The minimum atomic E-state index is 0.320. The Morgan fingerprint density at radius 3 is 2.57 bits per heavy atom. The van der Waals surface area contributed by atoms with Gasteiger partial charge in [0.25, 0.3) is 0 Å². The number of nitrogens with one attached hydrogen (secondary N) is 1. The number of hydrogen-bond acceptors (Lipinski definition) is 2. The van der Waals surface area contributed by atoms with Crippen LogP contribution in [0, 0.1) is 6.92 Å². The van der Waals surface area contributed by atoms with Crippen molar-refractivity contribution in [2.24, 2.45) is 0 Å². The van der Waals surface area contributed by atoms with Crippen molar-refractivity contribution in [1.82, 2.24) is 0 Å². The van der Waals surface area contributed by atoms with E-state index < -0.39 is 0 Å². The second-order valence-corrected chi connectivity index (χ2v) is 4.61. The van der Waals surface area contributed by atoms with Crippen LogP contribution in [0.1, 0.15) is 31.7 Å². The van der Waals surface area contributed by atoms with Gasteiger partial charge in [0.15, 0.2) is 0 Å². The van der Waals surface area contributed by atoms with Crippen LogP contribution < -0.4 is 11.1 Å². The lowest BCUT2D eigenvalue weighted by molar-refractivity contribution is 0.306. The minimum absolute atomic E-state index is 0.320. The molecule has 14 heavy (non-hydrogen) atoms. The Balaban J connectivity index is 2.16. The summed E-state index contributed by atoms with van der Waals surface area (Å²) < 4.78 is 0. The van der Waals surface area contributed by atoms with Gasteiger partial charge < -0.3 is 11.1 Å². The predicted molar refractivity (Wildman–Crippen MR) is 61.5 cm³/mol. The molecular formula is C12H18N2. The standard InChI is InChI=1S/C12H18N2/c1-9-8-10(13)4-5-11(9)14-12(2)6-3-7-12/h4-5,8,14H,3,6-7,13H2,1-2H3. The number of benzene rings is 1. The zero-order chi connectivity index (χ0) is 10.2. The van der Waals surface area contributed by atoms with Gasteiger partial charge in [-0.25, -0.2) is 0 Å². The van der Waals surface area contributed by atoms with E-state index in [1.807, 2.05) is 12.1 Å². The van der Waals surface area contributed by atoms with Crippen molar-refractivity contribution in [3.63, 3.8) is 0 Å². The van der Waals surface area contributed by atoms with Crippen molar-refractivity contribution in [1.29, 1.82) is 0 Å². The molecule has 0 radical (unpaired) electrons. The Bertz CT molecular complexity index is 340. The maximum Gasteiger partial charge on any atom is 0.0375 e. The normalized spacial score (nSPS) is 18.7. The molecule has 1 aliphatic carbocycles. The highest BCUT2D eigenvalue weighted by Gasteiger charge is 2.31. The number of nitrogen functional groups attached to an aromatic ring is 1. The van der Waals surface area contributed by atoms with Gasteiger partial charge in [-0.3, -0.25) is 0 Å². The van der Waals surface area contributed by atoms with E-state index in [-0.39, 0.29) is 0 Å². The molecule has 1 aromatic rings. The van der Waals surface area contributed by atoms with Crippen LogP contribution in [0.3, 0.4) is 0 Å². The summed E-state index contributed by atoms with van der Waals surface area (Å²) in [5, 5.41) is 3.59. The van der Waals surface area contributed by atoms with Crippen LogP contribution in [0.15, 0.2) is 18.2 Å². The van der Waals surface area contributed by atoms with Crippen LogP contribution >= 0.6 is 0 Å². The Morgan fingerprint density at radius 2 is 2.07 bits per heavy atom. The molecule has 0 amide bonds. The summed E-state index contributed by atoms with van der Waals surface area (Å²) in [5.41, 5.74) is 9.33. The highest BCUT2D eigenvalue weighted by Crippen LogP contribution is 2.35. The average molecular weight is 190 g/mol. The van der Waals surface area contributed by atoms with E-state index in [4.69, 9.17) is 5.73 Å². The van der Waals surface area contributed by atoms with Crippen LogP contribution in [0.5, 0.6) is 0 Å². The largest absolute Gasteiger partial charge is 0.399 e. The molecule has 0 bridgehead atoms. The highest BCUT2D eigenvalue weighted by atomic mass is 15.0. The Hall–Kier alpha value is -1.18. The van der Waals surface area contributed by atoms with E-state index in [2.05, 4.69) is 25.2 Å². The zero-order valence-corrected chi connectivity index (χ0v) is 8.93. The van der Waals surface area contributed by atoms with Crippen molar-refractivity contribution in [2.75, 3.05) is 11.1 Å². The number of anilines is 2. The second-order valence-electron chi connectivity index (χ2n) is 4.61. The van der Waals surface area contributed by atoms with E-state index in [0.717, 1.165) is 5.69 Å². The predicted octanol–water partition coefficient (Wildman–Crippen LogP) is 2.93. The third kappa shape index (κ3) is 1.69. The smallest absolute Gasteiger partial charge is 0.0375 e. The van der Waals surface area contributed by atoms with E-state index in [1.54, 1.807) is 0 Å². The van der Waals surface area contributed by atoms with Crippen LogP contribution in [0.2, 0.25) is 0 Å². The van der Waals surface area contributed by atoms with Gasteiger partial charge in [-0.2, -0.15) is 0 Å². The lowest BCUT2D eigenvalue weighted by Gasteiger charge is -2.40. The van der Waals surface area contributed by atoms with Crippen LogP contribution in [0.4, 0.5) is 11.4 Å². The molecule has 0 aliphatic heterocycles. The molecule has 0 aromatic heterocycles. The summed E-state index contributed by atoms with van der Waals surface area (Å²) in [6, 6.07) is 6.05. The van der Waals surface area contributed by atoms with Crippen molar-refractivity contribution < 1.29 is 0 Å². The number of aryl methyl sites for hydroxylation is 1. The van der Waals surface area contributed by atoms with Crippen molar-refractivity contribution in [3.05, 3.63) is 23.8 Å². The summed E-state index contributed by atoms with van der Waals surface area (Å²) in [7, 11) is 0. The third-order valence-electron chi connectivity index (χ3n) is 3.14. The number of hydrogen-bond donors (Lipinski definition) is 2.